The van der Waals surface area contributed by atoms with E-state index in [9.17, 15) is 14.4 Å². The van der Waals surface area contributed by atoms with E-state index in [1.807, 2.05) is 24.3 Å². The summed E-state index contributed by atoms with van der Waals surface area (Å²) in [6, 6.07) is 9.93. The molecule has 25 heavy (non-hydrogen) atoms. The lowest BCUT2D eigenvalue weighted by atomic mass is 10.2. The fourth-order valence-electron chi connectivity index (χ4n) is 2.27. The second kappa shape index (κ2) is 7.09. The van der Waals surface area contributed by atoms with Crippen molar-refractivity contribution in [3.63, 3.8) is 0 Å². The van der Waals surface area contributed by atoms with Gasteiger partial charge in [0.15, 0.2) is 0 Å². The molecule has 3 rings (SSSR count). The topological polar surface area (TPSA) is 88.9 Å². The van der Waals surface area contributed by atoms with Gasteiger partial charge in [0.2, 0.25) is 5.76 Å². The lowest BCUT2D eigenvalue weighted by Gasteiger charge is -2.09. The molecule has 0 spiro atoms. The molecular formula is C17H13IN2O5. The molecule has 0 radical (unpaired) electrons. The molecule has 1 aromatic carbocycles. The Balaban J connectivity index is 1.76. The summed E-state index contributed by atoms with van der Waals surface area (Å²) in [5.41, 5.74) is 0.989. The zero-order valence-electron chi connectivity index (χ0n) is 13.1. The number of rotatable bonds is 4. The molecule has 2 aromatic rings. The van der Waals surface area contributed by atoms with Crippen LogP contribution in [0.25, 0.3) is 6.08 Å². The minimum atomic E-state index is -0.622. The Bertz CT molecular complexity index is 869. The molecule has 0 saturated carbocycles. The molecule has 0 aliphatic carbocycles. The van der Waals surface area contributed by atoms with E-state index in [4.69, 9.17) is 4.42 Å². The van der Waals surface area contributed by atoms with Crippen LogP contribution in [0.1, 0.15) is 21.9 Å². The van der Waals surface area contributed by atoms with Crippen LogP contribution in [-0.2, 0) is 16.1 Å². The first-order valence-electron chi connectivity index (χ1n) is 7.25. The van der Waals surface area contributed by atoms with Gasteiger partial charge in [-0.25, -0.2) is 9.59 Å². The van der Waals surface area contributed by atoms with Crippen molar-refractivity contribution in [3.05, 3.63) is 62.7 Å². The first-order chi connectivity index (χ1) is 12.0. The maximum absolute atomic E-state index is 12.4. The third kappa shape index (κ3) is 3.73. The molecular weight excluding hydrogens is 439 g/mol. The highest BCUT2D eigenvalue weighted by Crippen LogP contribution is 2.19. The number of halogens is 1. The van der Waals surface area contributed by atoms with E-state index in [2.05, 4.69) is 32.6 Å². The van der Waals surface area contributed by atoms with Gasteiger partial charge in [-0.05, 0) is 58.5 Å². The Morgan fingerprint density at radius 1 is 1.24 bits per heavy atom. The molecule has 128 valence electrons. The second-order valence-electron chi connectivity index (χ2n) is 5.19. The standard InChI is InChI=1S/C17H13IN2O5/c1-24-16(22)14-7-6-12(25-14)9-20-15(21)13(19-17(20)23)8-10-2-4-11(18)5-3-10/h2-8H,9H2,1H3,(H,19,23). The summed E-state index contributed by atoms with van der Waals surface area (Å²) in [5.74, 6) is -0.763. The molecule has 1 N–H and O–H groups in total. The van der Waals surface area contributed by atoms with Crippen molar-refractivity contribution >= 4 is 46.6 Å². The minimum Gasteiger partial charge on any atom is -0.463 e. The Labute approximate surface area is 156 Å². The van der Waals surface area contributed by atoms with Gasteiger partial charge in [-0.15, -0.1) is 0 Å². The summed E-state index contributed by atoms with van der Waals surface area (Å²) in [4.78, 5) is 36.9. The Morgan fingerprint density at radius 2 is 1.96 bits per heavy atom. The average molecular weight is 452 g/mol. The number of hydrogen-bond donors (Lipinski definition) is 1. The van der Waals surface area contributed by atoms with Gasteiger partial charge in [0.25, 0.3) is 5.91 Å². The van der Waals surface area contributed by atoms with E-state index in [1.165, 1.54) is 19.2 Å². The number of nitrogens with one attached hydrogen (secondary N) is 1. The molecule has 3 amide bonds. The Hall–Kier alpha value is -2.62. The predicted octanol–water partition coefficient (Wildman–Crippen LogP) is 2.76. The number of methoxy groups -OCH3 is 1. The van der Waals surface area contributed by atoms with Gasteiger partial charge in [0, 0.05) is 3.57 Å². The summed E-state index contributed by atoms with van der Waals surface area (Å²) in [7, 11) is 1.24. The summed E-state index contributed by atoms with van der Waals surface area (Å²) < 4.78 is 10.9. The number of amides is 3. The highest BCUT2D eigenvalue weighted by Gasteiger charge is 2.34. The highest BCUT2D eigenvalue weighted by atomic mass is 127. The molecule has 1 aliphatic heterocycles. The third-order valence-corrected chi connectivity index (χ3v) is 4.22. The van der Waals surface area contributed by atoms with Crippen LogP contribution in [0.15, 0.2) is 46.5 Å². The number of hydrogen-bond acceptors (Lipinski definition) is 5. The fourth-order valence-corrected chi connectivity index (χ4v) is 2.63. The van der Waals surface area contributed by atoms with Gasteiger partial charge in [0.05, 0.1) is 13.7 Å². The normalized spacial score (nSPS) is 15.6. The van der Waals surface area contributed by atoms with Crippen LogP contribution in [0.5, 0.6) is 0 Å². The number of esters is 1. The number of imide groups is 1. The van der Waals surface area contributed by atoms with Gasteiger partial charge < -0.3 is 14.5 Å². The average Bonchev–Trinajstić information content (AvgIpc) is 3.17. The van der Waals surface area contributed by atoms with Crippen molar-refractivity contribution in [1.29, 1.82) is 0 Å². The van der Waals surface area contributed by atoms with E-state index in [1.54, 1.807) is 6.08 Å². The molecule has 1 fully saturated rings. The van der Waals surface area contributed by atoms with Crippen LogP contribution >= 0.6 is 22.6 Å². The van der Waals surface area contributed by atoms with Gasteiger partial charge in [0.1, 0.15) is 11.5 Å². The van der Waals surface area contributed by atoms with Crippen LogP contribution in [0.3, 0.4) is 0 Å². The molecule has 7 nitrogen and oxygen atoms in total. The van der Waals surface area contributed by atoms with Gasteiger partial charge in [-0.3, -0.25) is 9.69 Å². The number of nitrogens with zero attached hydrogens (tertiary/aromatic N) is 1. The molecule has 2 heterocycles. The fraction of sp³-hybridized carbons (Fsp3) is 0.118. The Morgan fingerprint density at radius 3 is 2.64 bits per heavy atom. The zero-order valence-corrected chi connectivity index (χ0v) is 15.3. The molecule has 1 saturated heterocycles. The highest BCUT2D eigenvalue weighted by molar-refractivity contribution is 14.1. The maximum Gasteiger partial charge on any atom is 0.373 e. The molecule has 0 unspecified atom stereocenters. The largest absolute Gasteiger partial charge is 0.463 e. The number of carbonyl (C=O) groups excluding carboxylic acids is 3. The van der Waals surface area contributed by atoms with E-state index in [-0.39, 0.29) is 18.0 Å². The number of benzene rings is 1. The van der Waals surface area contributed by atoms with Crippen molar-refractivity contribution in [2.45, 2.75) is 6.54 Å². The van der Waals surface area contributed by atoms with Gasteiger partial charge >= 0.3 is 12.0 Å². The summed E-state index contributed by atoms with van der Waals surface area (Å²) in [6.45, 7) is -0.0777. The first-order valence-corrected chi connectivity index (χ1v) is 8.33. The van der Waals surface area contributed by atoms with Crippen molar-refractivity contribution in [2.24, 2.45) is 0 Å². The smallest absolute Gasteiger partial charge is 0.373 e. The van der Waals surface area contributed by atoms with Crippen LogP contribution < -0.4 is 5.32 Å². The second-order valence-corrected chi connectivity index (χ2v) is 6.43. The van der Waals surface area contributed by atoms with Crippen molar-refractivity contribution in [2.75, 3.05) is 7.11 Å². The number of urea groups is 1. The maximum atomic E-state index is 12.4. The van der Waals surface area contributed by atoms with Crippen LogP contribution in [-0.4, -0.2) is 29.9 Å². The minimum absolute atomic E-state index is 0.0132. The summed E-state index contributed by atoms with van der Waals surface area (Å²) in [5, 5.41) is 2.54. The first kappa shape index (κ1) is 17.2. The van der Waals surface area contributed by atoms with Crippen molar-refractivity contribution in [1.82, 2.24) is 10.2 Å². The Kier molecular flexibility index (Phi) is 4.88. The summed E-state index contributed by atoms with van der Waals surface area (Å²) >= 11 is 2.18. The van der Waals surface area contributed by atoms with Crippen LogP contribution in [0.2, 0.25) is 0 Å². The van der Waals surface area contributed by atoms with Crippen molar-refractivity contribution in [3.8, 4) is 0 Å². The molecule has 0 atom stereocenters. The SMILES string of the molecule is COC(=O)c1ccc(CN2C(=O)NC(=Cc3ccc(I)cc3)C2=O)o1. The summed E-state index contributed by atoms with van der Waals surface area (Å²) in [6.07, 6.45) is 1.61. The number of furan rings is 1. The zero-order chi connectivity index (χ0) is 18.0. The lowest BCUT2D eigenvalue weighted by molar-refractivity contribution is -0.123. The molecule has 8 heteroatoms. The number of ether oxygens (including phenoxy) is 1. The van der Waals surface area contributed by atoms with E-state index >= 15 is 0 Å². The van der Waals surface area contributed by atoms with E-state index in [0.717, 1.165) is 14.0 Å². The van der Waals surface area contributed by atoms with Crippen LogP contribution in [0.4, 0.5) is 4.79 Å². The third-order valence-electron chi connectivity index (χ3n) is 3.51. The molecule has 1 aliphatic rings. The van der Waals surface area contributed by atoms with E-state index < -0.39 is 17.9 Å². The van der Waals surface area contributed by atoms with Crippen molar-refractivity contribution < 1.29 is 23.5 Å². The predicted molar refractivity (Wildman–Crippen MR) is 96.3 cm³/mol. The van der Waals surface area contributed by atoms with Gasteiger partial charge in [-0.1, -0.05) is 12.1 Å². The quantitative estimate of drug-likeness (QED) is 0.334. The van der Waals surface area contributed by atoms with Crippen LogP contribution in [0, 0.1) is 3.57 Å². The van der Waals surface area contributed by atoms with E-state index in [0.29, 0.717) is 5.76 Å². The van der Waals surface area contributed by atoms with Gasteiger partial charge in [-0.2, -0.15) is 0 Å². The number of carbonyl (C=O) groups is 3. The monoisotopic (exact) mass is 452 g/mol. The lowest BCUT2D eigenvalue weighted by Crippen LogP contribution is -2.30. The molecule has 0 bridgehead atoms. The molecule has 1 aromatic heterocycles.